The maximum Gasteiger partial charge on any atom is 0.405 e. The molecular weight excluding hydrogens is 291 g/mol. The zero-order valence-electron chi connectivity index (χ0n) is 11.6. The highest BCUT2D eigenvalue weighted by atomic mass is 35.5. The minimum atomic E-state index is -4.28. The van der Waals surface area contributed by atoms with Gasteiger partial charge in [0.05, 0.1) is 5.02 Å². The molecule has 0 unspecified atom stereocenters. The first-order valence-corrected chi connectivity index (χ1v) is 6.92. The summed E-state index contributed by atoms with van der Waals surface area (Å²) in [4.78, 5) is 5.25. The highest BCUT2D eigenvalue weighted by Crippen LogP contribution is 2.27. The van der Waals surface area contributed by atoms with Crippen molar-refractivity contribution in [2.24, 2.45) is 0 Å². The van der Waals surface area contributed by atoms with Crippen molar-refractivity contribution in [3.05, 3.63) is 22.8 Å². The number of hydrogen-bond acceptors (Lipinski definition) is 3. The van der Waals surface area contributed by atoms with Gasteiger partial charge in [0.2, 0.25) is 0 Å². The lowest BCUT2D eigenvalue weighted by Crippen LogP contribution is -2.35. The van der Waals surface area contributed by atoms with Crippen LogP contribution in [0.4, 0.5) is 19.0 Å². The maximum atomic E-state index is 12.6. The first kappa shape index (κ1) is 17.0. The molecule has 0 radical (unpaired) electrons. The summed E-state index contributed by atoms with van der Waals surface area (Å²) in [6.07, 6.45) is -2.13. The number of nitrogens with zero attached hydrogens (tertiary/aromatic N) is 2. The van der Waals surface area contributed by atoms with Crippen LogP contribution in [-0.4, -0.2) is 30.8 Å². The number of hydrogen-bond donors (Lipinski definition) is 1. The fourth-order valence-electron chi connectivity index (χ4n) is 1.82. The summed E-state index contributed by atoms with van der Waals surface area (Å²) in [7, 11) is 0. The van der Waals surface area contributed by atoms with Crippen LogP contribution in [0.25, 0.3) is 0 Å². The van der Waals surface area contributed by atoms with Gasteiger partial charge in [-0.25, -0.2) is 4.98 Å². The van der Waals surface area contributed by atoms with Crippen molar-refractivity contribution < 1.29 is 13.2 Å². The predicted molar refractivity (Wildman–Crippen MR) is 75.2 cm³/mol. The second-order valence-electron chi connectivity index (χ2n) is 4.47. The van der Waals surface area contributed by atoms with Crippen LogP contribution in [0.1, 0.15) is 25.8 Å². The number of alkyl halides is 3. The van der Waals surface area contributed by atoms with Gasteiger partial charge in [0, 0.05) is 19.3 Å². The summed E-state index contributed by atoms with van der Waals surface area (Å²) < 4.78 is 37.7. The molecule has 0 aromatic carbocycles. The van der Waals surface area contributed by atoms with E-state index in [1.165, 1.54) is 4.90 Å². The molecule has 0 aliphatic rings. The number of aromatic nitrogens is 1. The average Bonchev–Trinajstić information content (AvgIpc) is 2.34. The molecule has 0 atom stereocenters. The first-order valence-electron chi connectivity index (χ1n) is 6.54. The van der Waals surface area contributed by atoms with Crippen molar-refractivity contribution in [3.8, 4) is 0 Å². The minimum absolute atomic E-state index is 0.186. The largest absolute Gasteiger partial charge is 0.405 e. The van der Waals surface area contributed by atoms with Gasteiger partial charge < -0.3 is 10.2 Å². The van der Waals surface area contributed by atoms with E-state index < -0.39 is 12.7 Å². The van der Waals surface area contributed by atoms with Gasteiger partial charge in [-0.1, -0.05) is 25.4 Å². The maximum absolute atomic E-state index is 12.6. The molecule has 1 N–H and O–H groups in total. The summed E-state index contributed by atoms with van der Waals surface area (Å²) in [6.45, 7) is 4.40. The molecule has 0 aliphatic carbocycles. The van der Waals surface area contributed by atoms with Gasteiger partial charge in [-0.15, -0.1) is 0 Å². The Bertz CT molecular complexity index is 424. The molecule has 20 heavy (non-hydrogen) atoms. The van der Waals surface area contributed by atoms with E-state index in [9.17, 15) is 13.2 Å². The third kappa shape index (κ3) is 5.54. The van der Waals surface area contributed by atoms with Gasteiger partial charge in [0.1, 0.15) is 12.4 Å². The molecular formula is C13H19ClF3N3. The molecule has 1 aromatic rings. The van der Waals surface area contributed by atoms with Crippen molar-refractivity contribution in [3.63, 3.8) is 0 Å². The molecule has 1 rings (SSSR count). The molecule has 0 fully saturated rings. The Kier molecular flexibility index (Phi) is 6.55. The van der Waals surface area contributed by atoms with Crippen LogP contribution in [0.5, 0.6) is 0 Å². The number of pyridine rings is 1. The van der Waals surface area contributed by atoms with Crippen LogP contribution in [0.2, 0.25) is 5.02 Å². The normalized spacial score (nSPS) is 11.7. The third-order valence-corrected chi connectivity index (χ3v) is 2.90. The monoisotopic (exact) mass is 309 g/mol. The van der Waals surface area contributed by atoms with E-state index in [4.69, 9.17) is 11.6 Å². The van der Waals surface area contributed by atoms with Crippen LogP contribution in [0.3, 0.4) is 0 Å². The zero-order chi connectivity index (χ0) is 15.2. The Labute approximate surface area is 122 Å². The molecule has 0 saturated heterocycles. The van der Waals surface area contributed by atoms with E-state index in [0.717, 1.165) is 12.1 Å². The van der Waals surface area contributed by atoms with Gasteiger partial charge in [-0.3, -0.25) is 0 Å². The summed E-state index contributed by atoms with van der Waals surface area (Å²) in [6, 6.07) is 1.66. The minimum Gasteiger partial charge on any atom is -0.346 e. The molecule has 114 valence electrons. The van der Waals surface area contributed by atoms with Crippen molar-refractivity contribution in [1.82, 2.24) is 10.3 Å². The summed E-state index contributed by atoms with van der Waals surface area (Å²) in [5.41, 5.74) is 0.851. The molecule has 0 aliphatic heterocycles. The fourth-order valence-corrected chi connectivity index (χ4v) is 2.12. The number of anilines is 1. The lowest BCUT2D eigenvalue weighted by molar-refractivity contribution is -0.119. The summed E-state index contributed by atoms with van der Waals surface area (Å²) >= 11 is 6.07. The van der Waals surface area contributed by atoms with E-state index in [1.807, 2.05) is 13.8 Å². The van der Waals surface area contributed by atoms with Gasteiger partial charge >= 0.3 is 6.18 Å². The van der Waals surface area contributed by atoms with Gasteiger partial charge in [0.15, 0.2) is 0 Å². The Morgan fingerprint density at radius 2 is 2.05 bits per heavy atom. The SMILES string of the molecule is CCCN(CC(F)(F)F)c1ncc(CNCC)cc1Cl. The summed E-state index contributed by atoms with van der Waals surface area (Å²) in [5, 5.41) is 3.36. The van der Waals surface area contributed by atoms with Gasteiger partial charge in [0.25, 0.3) is 0 Å². The van der Waals surface area contributed by atoms with Crippen molar-refractivity contribution in [2.75, 3.05) is 24.5 Å². The third-order valence-electron chi connectivity index (χ3n) is 2.62. The van der Waals surface area contributed by atoms with E-state index in [0.29, 0.717) is 13.0 Å². The average molecular weight is 310 g/mol. The van der Waals surface area contributed by atoms with Crippen LogP contribution in [0.15, 0.2) is 12.3 Å². The molecule has 1 aromatic heterocycles. The Morgan fingerprint density at radius 3 is 2.55 bits per heavy atom. The molecule has 7 heteroatoms. The smallest absolute Gasteiger partial charge is 0.346 e. The molecule has 0 spiro atoms. The Hall–Kier alpha value is -1.01. The molecule has 3 nitrogen and oxygen atoms in total. The predicted octanol–water partition coefficient (Wildman–Crippen LogP) is 3.62. The number of halogens is 4. The molecule has 0 saturated carbocycles. The summed E-state index contributed by atoms with van der Waals surface area (Å²) in [5.74, 6) is 0.186. The topological polar surface area (TPSA) is 28.2 Å². The Morgan fingerprint density at radius 1 is 1.35 bits per heavy atom. The second-order valence-corrected chi connectivity index (χ2v) is 4.87. The molecule has 0 amide bonds. The van der Waals surface area contributed by atoms with Crippen molar-refractivity contribution in [1.29, 1.82) is 0 Å². The lowest BCUT2D eigenvalue weighted by atomic mass is 10.2. The van der Waals surface area contributed by atoms with E-state index in [2.05, 4.69) is 10.3 Å². The van der Waals surface area contributed by atoms with Gasteiger partial charge in [-0.2, -0.15) is 13.2 Å². The second kappa shape index (κ2) is 7.69. The van der Waals surface area contributed by atoms with Gasteiger partial charge in [-0.05, 0) is 24.6 Å². The van der Waals surface area contributed by atoms with Crippen LogP contribution < -0.4 is 10.2 Å². The lowest BCUT2D eigenvalue weighted by Gasteiger charge is -2.25. The van der Waals surface area contributed by atoms with E-state index in [1.54, 1.807) is 12.3 Å². The standard InChI is InChI=1S/C13H19ClF3N3/c1-3-5-20(9-13(15,16)17)12-11(14)6-10(8-19-12)7-18-4-2/h6,8,18H,3-5,7,9H2,1-2H3. The number of nitrogens with one attached hydrogen (secondary N) is 1. The zero-order valence-corrected chi connectivity index (χ0v) is 12.4. The van der Waals surface area contributed by atoms with Crippen LogP contribution in [0, 0.1) is 0 Å². The molecule has 1 heterocycles. The highest BCUT2D eigenvalue weighted by molar-refractivity contribution is 6.33. The first-order chi connectivity index (χ1) is 9.37. The van der Waals surface area contributed by atoms with Crippen LogP contribution in [-0.2, 0) is 6.54 Å². The van der Waals surface area contributed by atoms with Crippen molar-refractivity contribution in [2.45, 2.75) is 33.0 Å². The Balaban J connectivity index is 2.90. The van der Waals surface area contributed by atoms with Crippen LogP contribution >= 0.6 is 11.6 Å². The highest BCUT2D eigenvalue weighted by Gasteiger charge is 2.31. The van der Waals surface area contributed by atoms with E-state index >= 15 is 0 Å². The fraction of sp³-hybridized carbons (Fsp3) is 0.615. The van der Waals surface area contributed by atoms with E-state index in [-0.39, 0.29) is 17.4 Å². The quantitative estimate of drug-likeness (QED) is 0.834. The van der Waals surface area contributed by atoms with Crippen molar-refractivity contribution >= 4 is 17.4 Å². The number of rotatable bonds is 7. The molecule has 0 bridgehead atoms.